The zero-order valence-electron chi connectivity index (χ0n) is 19.2. The normalized spacial score (nSPS) is 15.0. The van der Waals surface area contributed by atoms with Gasteiger partial charge in [-0.1, -0.05) is 0 Å². The molecule has 1 aliphatic heterocycles. The Labute approximate surface area is 196 Å². The summed E-state index contributed by atoms with van der Waals surface area (Å²) in [5.41, 5.74) is 6.11. The molecule has 1 aromatic carbocycles. The molecule has 1 saturated heterocycles. The molecule has 11 heteroatoms. The zero-order valence-corrected chi connectivity index (χ0v) is 19.2. The van der Waals surface area contributed by atoms with Gasteiger partial charge in [0.2, 0.25) is 5.95 Å². The maximum absolute atomic E-state index is 13.3. The molecule has 5 N–H and O–H groups in total. The number of hydrogen-bond acceptors (Lipinski definition) is 8. The minimum atomic E-state index is -4.48. The summed E-state index contributed by atoms with van der Waals surface area (Å²) in [6.07, 6.45) is -0.536. The molecule has 1 atom stereocenters. The maximum Gasteiger partial charge on any atom is 0.416 e. The van der Waals surface area contributed by atoms with E-state index in [9.17, 15) is 13.2 Å². The molecule has 4 rings (SSSR count). The molecule has 0 bridgehead atoms. The van der Waals surface area contributed by atoms with Crippen LogP contribution in [0.3, 0.4) is 0 Å². The van der Waals surface area contributed by atoms with Gasteiger partial charge in [-0.15, -0.1) is 0 Å². The fraction of sp³-hybridized carbons (Fsp3) is 0.435. The van der Waals surface area contributed by atoms with E-state index in [2.05, 4.69) is 35.8 Å². The van der Waals surface area contributed by atoms with Crippen molar-refractivity contribution in [2.45, 2.75) is 32.0 Å². The van der Waals surface area contributed by atoms with Crippen molar-refractivity contribution in [3.8, 4) is 0 Å². The molecule has 34 heavy (non-hydrogen) atoms. The van der Waals surface area contributed by atoms with E-state index in [4.69, 9.17) is 5.73 Å². The van der Waals surface area contributed by atoms with Gasteiger partial charge in [-0.25, -0.2) is 9.97 Å². The van der Waals surface area contributed by atoms with E-state index in [-0.39, 0.29) is 5.69 Å². The summed E-state index contributed by atoms with van der Waals surface area (Å²) in [4.78, 5) is 16.0. The molecule has 182 valence electrons. The molecular weight excluding hydrogens is 445 g/mol. The number of pyridine rings is 1. The van der Waals surface area contributed by atoms with Crippen LogP contribution < -0.4 is 26.6 Å². The molecule has 8 nitrogen and oxygen atoms in total. The number of likely N-dealkylation sites (N-methyl/N-ethyl adjacent to an activating group) is 1. The zero-order chi connectivity index (χ0) is 24.3. The van der Waals surface area contributed by atoms with Gasteiger partial charge in [-0.05, 0) is 56.6 Å². The van der Waals surface area contributed by atoms with Crippen molar-refractivity contribution < 1.29 is 13.2 Å². The fourth-order valence-corrected chi connectivity index (χ4v) is 4.01. The number of rotatable bonds is 8. The highest BCUT2D eigenvalue weighted by Crippen LogP contribution is 2.34. The molecule has 1 aliphatic rings. The van der Waals surface area contributed by atoms with Crippen molar-refractivity contribution in [3.05, 3.63) is 41.6 Å². The van der Waals surface area contributed by atoms with Crippen molar-refractivity contribution in [1.29, 1.82) is 0 Å². The topological polar surface area (TPSA) is 104 Å². The Morgan fingerprint density at radius 1 is 1.09 bits per heavy atom. The highest BCUT2D eigenvalue weighted by atomic mass is 19.4. The first-order valence-electron chi connectivity index (χ1n) is 11.3. The second kappa shape index (κ2) is 9.88. The Bertz CT molecular complexity index is 1140. The Morgan fingerprint density at radius 3 is 2.56 bits per heavy atom. The molecule has 0 unspecified atom stereocenters. The fourth-order valence-electron chi connectivity index (χ4n) is 4.01. The second-order valence-electron chi connectivity index (χ2n) is 8.43. The van der Waals surface area contributed by atoms with E-state index in [1.54, 1.807) is 19.2 Å². The van der Waals surface area contributed by atoms with Gasteiger partial charge in [-0.3, -0.25) is 0 Å². The van der Waals surface area contributed by atoms with E-state index >= 15 is 0 Å². The molecule has 0 aliphatic carbocycles. The number of hydrogen-bond donors (Lipinski definition) is 4. The first-order valence-corrected chi connectivity index (χ1v) is 11.3. The van der Waals surface area contributed by atoms with Crippen LogP contribution >= 0.6 is 0 Å². The summed E-state index contributed by atoms with van der Waals surface area (Å²) in [5.74, 6) is 1.77. The van der Waals surface area contributed by atoms with Crippen LogP contribution in [0.2, 0.25) is 0 Å². The second-order valence-corrected chi connectivity index (χ2v) is 8.43. The van der Waals surface area contributed by atoms with Crippen molar-refractivity contribution in [2.75, 3.05) is 54.5 Å². The standard InChI is InChI=1S/C23H29F3N8/c1-14(15-9-16(23(24,25)26)11-17(27)10-15)31-21-18-12-20(34-7-3-4-8-34)30-13-19(18)32-22(33-21)29-6-5-28-2/h9-14,28H,3-8,27H2,1-2H3,(H2,29,31,32,33)/t14-/m1/s1. The summed E-state index contributed by atoms with van der Waals surface area (Å²) in [6.45, 7) is 4.98. The smallest absolute Gasteiger partial charge is 0.399 e. The van der Waals surface area contributed by atoms with Gasteiger partial charge < -0.3 is 26.6 Å². The average molecular weight is 475 g/mol. The van der Waals surface area contributed by atoms with E-state index in [1.165, 1.54) is 0 Å². The third-order valence-corrected chi connectivity index (χ3v) is 5.81. The first kappa shape index (κ1) is 23.8. The van der Waals surface area contributed by atoms with Crippen molar-refractivity contribution in [3.63, 3.8) is 0 Å². The molecule has 0 spiro atoms. The largest absolute Gasteiger partial charge is 0.416 e. The van der Waals surface area contributed by atoms with Gasteiger partial charge >= 0.3 is 6.18 Å². The molecule has 0 radical (unpaired) electrons. The number of halogens is 3. The molecular formula is C23H29F3N8. The highest BCUT2D eigenvalue weighted by molar-refractivity contribution is 5.91. The summed E-state index contributed by atoms with van der Waals surface area (Å²) >= 11 is 0. The Hall–Kier alpha value is -3.34. The van der Waals surface area contributed by atoms with Gasteiger partial charge in [0, 0.05) is 37.3 Å². The SMILES string of the molecule is CNCCNc1nc(N[C@H](C)c2cc(N)cc(C(F)(F)F)c2)c2cc(N3CCCC3)ncc2n1. The Kier molecular flexibility index (Phi) is 6.92. The van der Waals surface area contributed by atoms with Crippen LogP contribution in [0.1, 0.15) is 36.9 Å². The summed E-state index contributed by atoms with van der Waals surface area (Å²) in [5, 5.41) is 10.2. The van der Waals surface area contributed by atoms with Crippen LogP contribution in [-0.4, -0.2) is 48.2 Å². The van der Waals surface area contributed by atoms with Gasteiger partial charge in [0.05, 0.1) is 23.3 Å². The molecule has 2 aromatic heterocycles. The van der Waals surface area contributed by atoms with E-state index in [1.807, 2.05) is 13.1 Å². The summed E-state index contributed by atoms with van der Waals surface area (Å²) in [7, 11) is 1.85. The van der Waals surface area contributed by atoms with Crippen molar-refractivity contribution >= 4 is 34.2 Å². The highest BCUT2D eigenvalue weighted by Gasteiger charge is 2.31. The lowest BCUT2D eigenvalue weighted by Gasteiger charge is -2.21. The predicted molar refractivity (Wildman–Crippen MR) is 129 cm³/mol. The maximum atomic E-state index is 13.3. The molecule has 0 saturated carbocycles. The molecule has 0 amide bonds. The van der Waals surface area contributed by atoms with Crippen LogP contribution in [0.15, 0.2) is 30.5 Å². The van der Waals surface area contributed by atoms with E-state index in [0.29, 0.717) is 29.4 Å². The molecule has 3 aromatic rings. The Balaban J connectivity index is 1.71. The Morgan fingerprint density at radius 2 is 1.85 bits per heavy atom. The number of fused-ring (bicyclic) bond motifs is 1. The number of alkyl halides is 3. The van der Waals surface area contributed by atoms with Crippen molar-refractivity contribution in [1.82, 2.24) is 20.3 Å². The minimum absolute atomic E-state index is 0.0564. The van der Waals surface area contributed by atoms with Gasteiger partial charge in [0.15, 0.2) is 0 Å². The number of benzene rings is 1. The molecule has 1 fully saturated rings. The third kappa shape index (κ3) is 5.41. The van der Waals surface area contributed by atoms with Crippen LogP contribution in [0, 0.1) is 0 Å². The first-order chi connectivity index (χ1) is 16.2. The predicted octanol–water partition coefficient (Wildman–Crippen LogP) is 4.03. The van der Waals surface area contributed by atoms with Crippen molar-refractivity contribution in [2.24, 2.45) is 0 Å². The monoisotopic (exact) mass is 474 g/mol. The summed E-state index contributed by atoms with van der Waals surface area (Å²) in [6, 6.07) is 5.04. The van der Waals surface area contributed by atoms with E-state index < -0.39 is 17.8 Å². The number of nitrogens with two attached hydrogens (primary N) is 1. The summed E-state index contributed by atoms with van der Waals surface area (Å²) < 4.78 is 40.0. The minimum Gasteiger partial charge on any atom is -0.399 e. The number of aromatic nitrogens is 3. The molecule has 3 heterocycles. The van der Waals surface area contributed by atoms with Crippen LogP contribution in [0.4, 0.5) is 36.4 Å². The third-order valence-electron chi connectivity index (χ3n) is 5.81. The number of nitrogen functional groups attached to an aromatic ring is 1. The van der Waals surface area contributed by atoms with Gasteiger partial charge in [0.1, 0.15) is 11.6 Å². The van der Waals surface area contributed by atoms with Crippen LogP contribution in [0.25, 0.3) is 10.9 Å². The lowest BCUT2D eigenvalue weighted by Crippen LogP contribution is -2.20. The lowest BCUT2D eigenvalue weighted by molar-refractivity contribution is -0.137. The lowest BCUT2D eigenvalue weighted by atomic mass is 10.0. The number of nitrogens with zero attached hydrogens (tertiary/aromatic N) is 4. The van der Waals surface area contributed by atoms with E-state index in [0.717, 1.165) is 55.8 Å². The average Bonchev–Trinajstić information content (AvgIpc) is 3.33. The van der Waals surface area contributed by atoms with Gasteiger partial charge in [0.25, 0.3) is 0 Å². The number of nitrogens with one attached hydrogen (secondary N) is 3. The van der Waals surface area contributed by atoms with Crippen LogP contribution in [0.5, 0.6) is 0 Å². The quantitative estimate of drug-likeness (QED) is 0.287. The van der Waals surface area contributed by atoms with Crippen LogP contribution in [-0.2, 0) is 6.18 Å². The van der Waals surface area contributed by atoms with Gasteiger partial charge in [-0.2, -0.15) is 18.2 Å². The number of anilines is 4.